The van der Waals surface area contributed by atoms with Crippen LogP contribution in [0, 0.1) is 0 Å². The average molecular weight is 430 g/mol. The Hall–Kier alpha value is -0.300. The number of piperazine rings is 1. The molecule has 1 N–H and O–H groups in total. The Bertz CT molecular complexity index is 505. The number of halogens is 5. The van der Waals surface area contributed by atoms with Crippen LogP contribution in [0.25, 0.3) is 0 Å². The highest BCUT2D eigenvalue weighted by molar-refractivity contribution is 9.10. The van der Waals surface area contributed by atoms with Gasteiger partial charge in [0.1, 0.15) is 0 Å². The Morgan fingerprint density at radius 1 is 1.21 bits per heavy atom. The first-order valence-electron chi connectivity index (χ1n) is 8.25. The quantitative estimate of drug-likeness (QED) is 0.608. The lowest BCUT2D eigenvalue weighted by atomic mass is 9.96. The van der Waals surface area contributed by atoms with Gasteiger partial charge in [0.15, 0.2) is 0 Å². The molecule has 0 spiro atoms. The molecule has 1 atom stereocenters. The smallest absolute Gasteiger partial charge is 0.314 e. The van der Waals surface area contributed by atoms with E-state index >= 15 is 0 Å². The SMILES string of the molecule is CCCCC[C@@H](c1cc(C(F)(F)F)ccc1Br)N1CCNCC1.Cl. The van der Waals surface area contributed by atoms with Crippen LogP contribution in [0.2, 0.25) is 0 Å². The predicted octanol–water partition coefficient (Wildman–Crippen LogP) is 5.42. The van der Waals surface area contributed by atoms with Gasteiger partial charge in [0.05, 0.1) is 5.56 Å². The summed E-state index contributed by atoms with van der Waals surface area (Å²) in [6.45, 7) is 5.67. The molecule has 1 fully saturated rings. The van der Waals surface area contributed by atoms with Gasteiger partial charge >= 0.3 is 6.18 Å². The second-order valence-electron chi connectivity index (χ2n) is 6.03. The van der Waals surface area contributed by atoms with Crippen molar-refractivity contribution in [2.75, 3.05) is 26.2 Å². The third kappa shape index (κ3) is 5.90. The molecular weight excluding hydrogens is 405 g/mol. The number of nitrogens with one attached hydrogen (secondary N) is 1. The van der Waals surface area contributed by atoms with Crippen LogP contribution < -0.4 is 5.32 Å². The van der Waals surface area contributed by atoms with E-state index in [0.29, 0.717) is 0 Å². The first-order chi connectivity index (χ1) is 10.9. The molecule has 0 amide bonds. The van der Waals surface area contributed by atoms with Gasteiger partial charge in [-0.3, -0.25) is 4.90 Å². The topological polar surface area (TPSA) is 15.3 Å². The number of rotatable bonds is 6. The molecule has 0 aromatic heterocycles. The van der Waals surface area contributed by atoms with Crippen molar-refractivity contribution in [1.29, 1.82) is 0 Å². The molecule has 2 nitrogen and oxygen atoms in total. The lowest BCUT2D eigenvalue weighted by molar-refractivity contribution is -0.137. The Morgan fingerprint density at radius 3 is 2.46 bits per heavy atom. The van der Waals surface area contributed by atoms with E-state index < -0.39 is 11.7 Å². The Balaban J connectivity index is 0.00000288. The highest BCUT2D eigenvalue weighted by atomic mass is 79.9. The van der Waals surface area contributed by atoms with Gasteiger partial charge in [0, 0.05) is 36.7 Å². The van der Waals surface area contributed by atoms with Crippen molar-refractivity contribution >= 4 is 28.3 Å². The van der Waals surface area contributed by atoms with Crippen LogP contribution in [0.4, 0.5) is 13.2 Å². The first-order valence-corrected chi connectivity index (χ1v) is 9.04. The standard InChI is InChI=1S/C17H24BrF3N2.ClH/c1-2-3-4-5-16(23-10-8-22-9-11-23)14-12-13(17(19,20)21)6-7-15(14)18;/h6-7,12,16,22H,2-5,8-11H2,1H3;1H/t16-;/m0./s1. The van der Waals surface area contributed by atoms with Crippen LogP contribution in [0.15, 0.2) is 22.7 Å². The zero-order valence-corrected chi connectivity index (χ0v) is 16.2. The summed E-state index contributed by atoms with van der Waals surface area (Å²) in [7, 11) is 0. The zero-order chi connectivity index (χ0) is 16.9. The molecule has 7 heteroatoms. The van der Waals surface area contributed by atoms with E-state index in [2.05, 4.69) is 33.1 Å². The van der Waals surface area contributed by atoms with E-state index in [-0.39, 0.29) is 18.4 Å². The van der Waals surface area contributed by atoms with Gasteiger partial charge in [-0.2, -0.15) is 13.2 Å². The normalized spacial score (nSPS) is 17.4. The predicted molar refractivity (Wildman–Crippen MR) is 97.7 cm³/mol. The number of benzene rings is 1. The maximum Gasteiger partial charge on any atom is 0.416 e. The molecule has 24 heavy (non-hydrogen) atoms. The molecule has 0 saturated carbocycles. The van der Waals surface area contributed by atoms with E-state index in [4.69, 9.17) is 0 Å². The number of nitrogens with zero attached hydrogens (tertiary/aromatic N) is 1. The van der Waals surface area contributed by atoms with Crippen molar-refractivity contribution in [3.63, 3.8) is 0 Å². The summed E-state index contributed by atoms with van der Waals surface area (Å²) >= 11 is 3.46. The third-order valence-electron chi connectivity index (χ3n) is 4.36. The third-order valence-corrected chi connectivity index (χ3v) is 5.08. The molecule has 2 rings (SSSR count). The summed E-state index contributed by atoms with van der Waals surface area (Å²) in [6.07, 6.45) is -0.147. The minimum absolute atomic E-state index is 0. The van der Waals surface area contributed by atoms with Gasteiger partial charge in [-0.05, 0) is 30.2 Å². The lowest BCUT2D eigenvalue weighted by Crippen LogP contribution is -2.45. The van der Waals surface area contributed by atoms with Crippen LogP contribution in [0.5, 0.6) is 0 Å². The maximum atomic E-state index is 13.1. The van der Waals surface area contributed by atoms with E-state index in [0.717, 1.165) is 68.0 Å². The Labute approximate surface area is 156 Å². The van der Waals surface area contributed by atoms with Crippen LogP contribution in [-0.4, -0.2) is 31.1 Å². The molecule has 0 unspecified atom stereocenters. The van der Waals surface area contributed by atoms with Crippen molar-refractivity contribution in [1.82, 2.24) is 10.2 Å². The van der Waals surface area contributed by atoms with Crippen LogP contribution in [0.3, 0.4) is 0 Å². The highest BCUT2D eigenvalue weighted by Gasteiger charge is 2.32. The van der Waals surface area contributed by atoms with Gasteiger partial charge in [-0.25, -0.2) is 0 Å². The van der Waals surface area contributed by atoms with Gasteiger partial charge in [0.2, 0.25) is 0 Å². The Kier molecular flexibility index (Phi) is 9.06. The minimum Gasteiger partial charge on any atom is -0.314 e. The first kappa shape index (κ1) is 21.7. The minimum atomic E-state index is -4.30. The van der Waals surface area contributed by atoms with Crippen molar-refractivity contribution in [2.45, 2.75) is 44.8 Å². The van der Waals surface area contributed by atoms with E-state index in [9.17, 15) is 13.2 Å². The summed E-state index contributed by atoms with van der Waals surface area (Å²) in [5.41, 5.74) is 0.198. The van der Waals surface area contributed by atoms with E-state index in [1.54, 1.807) is 0 Å². The van der Waals surface area contributed by atoms with E-state index in [1.807, 2.05) is 0 Å². The van der Waals surface area contributed by atoms with Gasteiger partial charge < -0.3 is 5.32 Å². The van der Waals surface area contributed by atoms with Gasteiger partial charge in [0.25, 0.3) is 0 Å². The molecule has 1 saturated heterocycles. The second-order valence-corrected chi connectivity index (χ2v) is 6.89. The number of hydrogen-bond acceptors (Lipinski definition) is 2. The summed E-state index contributed by atoms with van der Waals surface area (Å²) in [6, 6.07) is 4.05. The molecule has 138 valence electrons. The molecule has 1 aromatic carbocycles. The number of unbranched alkanes of at least 4 members (excludes halogenated alkanes) is 2. The Morgan fingerprint density at radius 2 is 1.88 bits per heavy atom. The molecule has 1 aliphatic heterocycles. The molecule has 0 radical (unpaired) electrons. The van der Waals surface area contributed by atoms with Crippen molar-refractivity contribution in [3.05, 3.63) is 33.8 Å². The number of hydrogen-bond donors (Lipinski definition) is 1. The van der Waals surface area contributed by atoms with Crippen molar-refractivity contribution in [2.24, 2.45) is 0 Å². The average Bonchev–Trinajstić information content (AvgIpc) is 2.52. The van der Waals surface area contributed by atoms with Gasteiger partial charge in [-0.1, -0.05) is 42.1 Å². The number of alkyl halides is 3. The highest BCUT2D eigenvalue weighted by Crippen LogP contribution is 2.37. The fraction of sp³-hybridized carbons (Fsp3) is 0.647. The van der Waals surface area contributed by atoms with Crippen LogP contribution in [0.1, 0.15) is 49.8 Å². The molecule has 1 heterocycles. The molecule has 0 aliphatic carbocycles. The van der Waals surface area contributed by atoms with Crippen molar-refractivity contribution in [3.8, 4) is 0 Å². The molecular formula is C17H25BrClF3N2. The summed E-state index contributed by atoms with van der Waals surface area (Å²) < 4.78 is 40.0. The molecule has 0 bridgehead atoms. The van der Waals surface area contributed by atoms with Crippen LogP contribution >= 0.6 is 28.3 Å². The summed E-state index contributed by atoms with van der Waals surface area (Å²) in [4.78, 5) is 2.31. The monoisotopic (exact) mass is 428 g/mol. The summed E-state index contributed by atoms with van der Waals surface area (Å²) in [5, 5.41) is 3.31. The lowest BCUT2D eigenvalue weighted by Gasteiger charge is -2.36. The van der Waals surface area contributed by atoms with Crippen LogP contribution in [-0.2, 0) is 6.18 Å². The largest absolute Gasteiger partial charge is 0.416 e. The maximum absolute atomic E-state index is 13.1. The molecule has 1 aromatic rings. The fourth-order valence-electron chi connectivity index (χ4n) is 3.09. The second kappa shape index (κ2) is 10.00. The van der Waals surface area contributed by atoms with Gasteiger partial charge in [-0.15, -0.1) is 12.4 Å². The van der Waals surface area contributed by atoms with E-state index in [1.165, 1.54) is 12.1 Å². The summed E-state index contributed by atoms with van der Waals surface area (Å²) in [5.74, 6) is 0. The van der Waals surface area contributed by atoms with Crippen molar-refractivity contribution < 1.29 is 13.2 Å². The molecule has 1 aliphatic rings. The fourth-order valence-corrected chi connectivity index (χ4v) is 3.60. The zero-order valence-electron chi connectivity index (χ0n) is 13.8.